The second kappa shape index (κ2) is 3.19. The first-order chi connectivity index (χ1) is 9.42. The first kappa shape index (κ1) is 9.63. The summed E-state index contributed by atoms with van der Waals surface area (Å²) in [7, 11) is 0. The van der Waals surface area contributed by atoms with Crippen LogP contribution in [0.5, 0.6) is 0 Å². The van der Waals surface area contributed by atoms with E-state index in [0.29, 0.717) is 0 Å². The van der Waals surface area contributed by atoms with Crippen molar-refractivity contribution in [1.82, 2.24) is 14.4 Å². The Morgan fingerprint density at radius 1 is 1.32 bits per heavy atom. The highest BCUT2D eigenvalue weighted by atomic mass is 32.1. The van der Waals surface area contributed by atoms with E-state index in [1.54, 1.807) is 11.3 Å². The zero-order valence-electron chi connectivity index (χ0n) is 9.95. The second-order valence-electron chi connectivity index (χ2n) is 4.71. The van der Waals surface area contributed by atoms with Crippen LogP contribution in [-0.2, 0) is 6.54 Å². The van der Waals surface area contributed by atoms with Gasteiger partial charge in [-0.15, -0.1) is 0 Å². The van der Waals surface area contributed by atoms with E-state index in [2.05, 4.69) is 31.1 Å². The summed E-state index contributed by atoms with van der Waals surface area (Å²) in [6, 6.07) is 6.36. The van der Waals surface area contributed by atoms with Crippen LogP contribution in [-0.4, -0.2) is 14.4 Å². The van der Waals surface area contributed by atoms with Crippen molar-refractivity contribution in [2.45, 2.75) is 6.54 Å². The van der Waals surface area contributed by atoms with Crippen molar-refractivity contribution in [2.75, 3.05) is 0 Å². The molecular weight excluding hydrogens is 256 g/mol. The lowest BCUT2D eigenvalue weighted by atomic mass is 10.2. The van der Waals surface area contributed by atoms with Crippen LogP contribution >= 0.6 is 11.3 Å². The Balaban J connectivity index is 1.94. The summed E-state index contributed by atoms with van der Waals surface area (Å²) in [5.74, 6) is 0. The molecule has 0 saturated heterocycles. The summed E-state index contributed by atoms with van der Waals surface area (Å²) >= 11 is 1.81. The zero-order valence-corrected chi connectivity index (χ0v) is 10.8. The number of hydrogen-bond donors (Lipinski definition) is 0. The highest BCUT2D eigenvalue weighted by Crippen LogP contribution is 2.35. The molecule has 0 unspecified atom stereocenters. The van der Waals surface area contributed by atoms with Crippen LogP contribution in [0.3, 0.4) is 0 Å². The van der Waals surface area contributed by atoms with Crippen molar-refractivity contribution in [1.29, 1.82) is 0 Å². The molecule has 0 N–H and O–H groups in total. The Bertz CT molecular complexity index is 951. The molecule has 0 bridgehead atoms. The molecule has 5 rings (SSSR count). The first-order valence-electron chi connectivity index (χ1n) is 6.13. The average molecular weight is 265 g/mol. The van der Waals surface area contributed by atoms with Gasteiger partial charge < -0.3 is 0 Å². The maximum atomic E-state index is 4.52. The number of hydrogen-bond acceptors (Lipinski definition) is 3. The first-order valence-corrected chi connectivity index (χ1v) is 6.95. The molecule has 0 spiro atoms. The van der Waals surface area contributed by atoms with E-state index in [-0.39, 0.29) is 0 Å². The monoisotopic (exact) mass is 265 g/mol. The molecule has 90 valence electrons. The maximum Gasteiger partial charge on any atom is 0.305 e. The van der Waals surface area contributed by atoms with Crippen molar-refractivity contribution in [3.63, 3.8) is 0 Å². The molecule has 5 heterocycles. The molecular formula is C14H9N4S+. The van der Waals surface area contributed by atoms with E-state index in [1.165, 1.54) is 20.9 Å². The molecule has 0 fully saturated rings. The third kappa shape index (κ3) is 1.11. The van der Waals surface area contributed by atoms with Gasteiger partial charge in [0, 0.05) is 17.8 Å². The molecule has 1 aliphatic heterocycles. The Hall–Kier alpha value is -2.27. The van der Waals surface area contributed by atoms with E-state index in [4.69, 9.17) is 0 Å². The fraction of sp³-hybridized carbons (Fsp3) is 0.0714. The van der Waals surface area contributed by atoms with Gasteiger partial charge in [-0.2, -0.15) is 4.40 Å². The van der Waals surface area contributed by atoms with Crippen molar-refractivity contribution in [3.05, 3.63) is 48.5 Å². The maximum absolute atomic E-state index is 4.52. The molecule has 1 aliphatic rings. The lowest BCUT2D eigenvalue weighted by Gasteiger charge is -1.91. The third-order valence-electron chi connectivity index (χ3n) is 3.64. The molecule has 4 nitrogen and oxygen atoms in total. The normalized spacial score (nSPS) is 13.1. The minimum atomic E-state index is 0.910. The Kier molecular flexibility index (Phi) is 1.62. The predicted octanol–water partition coefficient (Wildman–Crippen LogP) is 2.26. The Morgan fingerprint density at radius 2 is 2.32 bits per heavy atom. The summed E-state index contributed by atoms with van der Waals surface area (Å²) < 4.78 is 5.85. The minimum absolute atomic E-state index is 0.910. The molecule has 0 aliphatic carbocycles. The molecule has 0 radical (unpaired) electrons. The molecule has 0 amide bonds. The molecule has 5 heteroatoms. The summed E-state index contributed by atoms with van der Waals surface area (Å²) in [4.78, 5) is 8.71. The quantitative estimate of drug-likeness (QED) is 0.402. The van der Waals surface area contributed by atoms with Crippen LogP contribution in [0.25, 0.3) is 26.6 Å². The van der Waals surface area contributed by atoms with Crippen LogP contribution in [0.2, 0.25) is 0 Å². The highest BCUT2D eigenvalue weighted by Gasteiger charge is 2.31. The topological polar surface area (TPSA) is 34.1 Å². The van der Waals surface area contributed by atoms with Gasteiger partial charge in [-0.05, 0) is 6.07 Å². The largest absolute Gasteiger partial charge is 0.305 e. The van der Waals surface area contributed by atoms with Crippen LogP contribution in [0.15, 0.2) is 43.0 Å². The Labute approximate surface area is 112 Å². The number of aromatic nitrogens is 4. The molecule has 0 atom stereocenters. The number of pyridine rings is 1. The summed E-state index contributed by atoms with van der Waals surface area (Å²) in [5.41, 5.74) is 4.82. The average Bonchev–Trinajstić information content (AvgIpc) is 3.05. The number of fused-ring (bicyclic) bond motifs is 7. The third-order valence-corrected chi connectivity index (χ3v) is 4.77. The molecule has 0 saturated carbocycles. The molecule has 0 aromatic carbocycles. The summed E-state index contributed by atoms with van der Waals surface area (Å²) in [5, 5.41) is 1.26. The molecule has 4 aromatic heterocycles. The SMILES string of the molecule is c1cnc2c(c1)C[n+]1c-2sc2cc3cnccn3c21. The zero-order chi connectivity index (χ0) is 12.4. The van der Waals surface area contributed by atoms with Crippen LogP contribution in [0, 0.1) is 0 Å². The van der Waals surface area contributed by atoms with Gasteiger partial charge >= 0.3 is 5.65 Å². The van der Waals surface area contributed by atoms with Crippen LogP contribution in [0.1, 0.15) is 5.56 Å². The van der Waals surface area contributed by atoms with Crippen molar-refractivity contribution < 1.29 is 4.57 Å². The number of thiazole rings is 1. The molecule has 4 aromatic rings. The van der Waals surface area contributed by atoms with Crippen LogP contribution in [0.4, 0.5) is 0 Å². The number of nitrogens with zero attached hydrogens (tertiary/aromatic N) is 4. The fourth-order valence-electron chi connectivity index (χ4n) is 2.84. The van der Waals surface area contributed by atoms with E-state index in [0.717, 1.165) is 17.8 Å². The van der Waals surface area contributed by atoms with Gasteiger partial charge in [0.2, 0.25) is 5.01 Å². The molecule has 19 heavy (non-hydrogen) atoms. The summed E-state index contributed by atoms with van der Waals surface area (Å²) in [6.45, 7) is 0.910. The van der Waals surface area contributed by atoms with Gasteiger partial charge in [0.05, 0.1) is 12.4 Å². The standard InChI is InChI=1S/C14H9N4S/c1-2-9-8-18-13-11(19-14(18)12(9)16-3-1)6-10-7-15-4-5-17(10)13/h1-7H,8H2/q+1. The van der Waals surface area contributed by atoms with E-state index < -0.39 is 0 Å². The van der Waals surface area contributed by atoms with Crippen molar-refractivity contribution >= 4 is 27.2 Å². The van der Waals surface area contributed by atoms with Crippen LogP contribution < -0.4 is 4.57 Å². The second-order valence-corrected chi connectivity index (χ2v) is 5.74. The van der Waals surface area contributed by atoms with Gasteiger partial charge in [-0.25, -0.2) is 4.57 Å². The minimum Gasteiger partial charge on any atom is -0.257 e. The van der Waals surface area contributed by atoms with E-state index in [1.807, 2.05) is 30.9 Å². The van der Waals surface area contributed by atoms with E-state index >= 15 is 0 Å². The van der Waals surface area contributed by atoms with Gasteiger partial charge in [0.25, 0.3) is 0 Å². The van der Waals surface area contributed by atoms with Gasteiger partial charge in [-0.3, -0.25) is 9.97 Å². The fourth-order valence-corrected chi connectivity index (χ4v) is 4.07. The van der Waals surface area contributed by atoms with E-state index in [9.17, 15) is 0 Å². The predicted molar refractivity (Wildman–Crippen MR) is 73.1 cm³/mol. The highest BCUT2D eigenvalue weighted by molar-refractivity contribution is 7.21. The number of rotatable bonds is 0. The lowest BCUT2D eigenvalue weighted by molar-refractivity contribution is -0.644. The van der Waals surface area contributed by atoms with Gasteiger partial charge in [0.1, 0.15) is 23.1 Å². The van der Waals surface area contributed by atoms with Gasteiger partial charge in [-0.1, -0.05) is 17.4 Å². The smallest absolute Gasteiger partial charge is 0.257 e. The summed E-state index contributed by atoms with van der Waals surface area (Å²) in [6.07, 6.45) is 7.62. The van der Waals surface area contributed by atoms with Crippen molar-refractivity contribution in [3.8, 4) is 10.7 Å². The van der Waals surface area contributed by atoms with Gasteiger partial charge in [0.15, 0.2) is 5.52 Å². The lowest BCUT2D eigenvalue weighted by Crippen LogP contribution is -2.31. The Morgan fingerprint density at radius 3 is 3.32 bits per heavy atom. The van der Waals surface area contributed by atoms with Crippen molar-refractivity contribution in [2.24, 2.45) is 0 Å².